The van der Waals surface area contributed by atoms with Crippen molar-refractivity contribution in [2.24, 2.45) is 5.92 Å². The normalized spacial score (nSPS) is 23.2. The summed E-state index contributed by atoms with van der Waals surface area (Å²) in [5.41, 5.74) is 2.01. The monoisotopic (exact) mass is 355 g/mol. The van der Waals surface area contributed by atoms with Gasteiger partial charge < -0.3 is 14.4 Å². The van der Waals surface area contributed by atoms with Gasteiger partial charge in [0.25, 0.3) is 5.91 Å². The molecular weight excluding hydrogens is 330 g/mol. The Labute approximate surface area is 153 Å². The molecule has 2 saturated heterocycles. The van der Waals surface area contributed by atoms with Gasteiger partial charge in [-0.1, -0.05) is 13.8 Å². The van der Waals surface area contributed by atoms with Crippen LogP contribution in [0.5, 0.6) is 0 Å². The van der Waals surface area contributed by atoms with Gasteiger partial charge in [0, 0.05) is 31.9 Å². The van der Waals surface area contributed by atoms with Crippen molar-refractivity contribution in [2.45, 2.75) is 52.2 Å². The number of fused-ring (bicyclic) bond motifs is 2. The van der Waals surface area contributed by atoms with E-state index in [2.05, 4.69) is 23.8 Å². The number of carbonyl (C=O) groups is 2. The summed E-state index contributed by atoms with van der Waals surface area (Å²) in [6.07, 6.45) is 5.38. The van der Waals surface area contributed by atoms with Crippen LogP contribution in [0.3, 0.4) is 0 Å². The van der Waals surface area contributed by atoms with E-state index in [9.17, 15) is 9.59 Å². The summed E-state index contributed by atoms with van der Waals surface area (Å²) in [5.74, 6) is 0.414. The van der Waals surface area contributed by atoms with Gasteiger partial charge in [-0.2, -0.15) is 0 Å². The molecule has 7 heteroatoms. The zero-order valence-electron chi connectivity index (χ0n) is 15.6. The molecular formula is C19H25N5O2. The molecule has 2 aromatic heterocycles. The number of hydrogen-bond acceptors (Lipinski definition) is 4. The van der Waals surface area contributed by atoms with Gasteiger partial charge in [0.1, 0.15) is 11.6 Å². The van der Waals surface area contributed by atoms with E-state index in [0.29, 0.717) is 18.0 Å². The summed E-state index contributed by atoms with van der Waals surface area (Å²) in [4.78, 5) is 38.1. The molecule has 0 radical (unpaired) electrons. The molecule has 0 saturated carbocycles. The van der Waals surface area contributed by atoms with Crippen molar-refractivity contribution in [3.05, 3.63) is 24.2 Å². The largest absolute Gasteiger partial charge is 0.336 e. The molecule has 0 bridgehead atoms. The first kappa shape index (κ1) is 17.0. The molecule has 0 aromatic carbocycles. The van der Waals surface area contributed by atoms with E-state index in [1.807, 2.05) is 16.4 Å². The van der Waals surface area contributed by atoms with E-state index in [4.69, 9.17) is 0 Å². The summed E-state index contributed by atoms with van der Waals surface area (Å²) in [7, 11) is 0. The van der Waals surface area contributed by atoms with Gasteiger partial charge in [0.05, 0.1) is 11.9 Å². The average molecular weight is 355 g/mol. The molecule has 0 aliphatic carbocycles. The number of nitrogens with zero attached hydrogens (tertiary/aromatic N) is 5. The van der Waals surface area contributed by atoms with Crippen LogP contribution in [-0.4, -0.2) is 61.3 Å². The summed E-state index contributed by atoms with van der Waals surface area (Å²) in [5, 5.41) is 0. The van der Waals surface area contributed by atoms with Crippen molar-refractivity contribution in [3.8, 4) is 0 Å². The SMILES string of the molecule is CC(C)Cn1cnc2cc(C(=O)N3C[C@@H]4CCCN4C(=O)[C@@H]3C)cnc21. The molecule has 138 valence electrons. The van der Waals surface area contributed by atoms with Crippen molar-refractivity contribution in [1.82, 2.24) is 24.3 Å². The quantitative estimate of drug-likeness (QED) is 0.843. The number of pyridine rings is 1. The predicted octanol–water partition coefficient (Wildman–Crippen LogP) is 1.92. The Morgan fingerprint density at radius 3 is 2.92 bits per heavy atom. The Balaban J connectivity index is 1.60. The molecule has 4 rings (SSSR count). The van der Waals surface area contributed by atoms with E-state index in [1.165, 1.54) is 0 Å². The first-order chi connectivity index (χ1) is 12.5. The zero-order valence-corrected chi connectivity index (χ0v) is 15.6. The Bertz CT molecular complexity index is 859. The minimum Gasteiger partial charge on any atom is -0.336 e. The van der Waals surface area contributed by atoms with Crippen molar-refractivity contribution < 1.29 is 9.59 Å². The summed E-state index contributed by atoms with van der Waals surface area (Å²) in [6.45, 7) is 8.36. The number of rotatable bonds is 3. The van der Waals surface area contributed by atoms with Crippen molar-refractivity contribution in [3.63, 3.8) is 0 Å². The maximum absolute atomic E-state index is 13.1. The molecule has 0 unspecified atom stereocenters. The highest BCUT2D eigenvalue weighted by Gasteiger charge is 2.42. The average Bonchev–Trinajstić information content (AvgIpc) is 3.24. The maximum Gasteiger partial charge on any atom is 0.256 e. The van der Waals surface area contributed by atoms with Crippen LogP contribution in [0.1, 0.15) is 44.0 Å². The highest BCUT2D eigenvalue weighted by Crippen LogP contribution is 2.27. The van der Waals surface area contributed by atoms with Crippen molar-refractivity contribution in [2.75, 3.05) is 13.1 Å². The van der Waals surface area contributed by atoms with Gasteiger partial charge in [-0.25, -0.2) is 9.97 Å². The molecule has 2 aliphatic rings. The Hall–Kier alpha value is -2.44. The number of aromatic nitrogens is 3. The van der Waals surface area contributed by atoms with Crippen molar-refractivity contribution in [1.29, 1.82) is 0 Å². The van der Waals surface area contributed by atoms with Crippen LogP contribution in [-0.2, 0) is 11.3 Å². The molecule has 2 atom stereocenters. The third-order valence-electron chi connectivity index (χ3n) is 5.42. The topological polar surface area (TPSA) is 71.3 Å². The summed E-state index contributed by atoms with van der Waals surface area (Å²) in [6, 6.07) is 1.52. The highest BCUT2D eigenvalue weighted by atomic mass is 16.2. The molecule has 0 spiro atoms. The molecule has 26 heavy (non-hydrogen) atoms. The van der Waals surface area contributed by atoms with E-state index in [-0.39, 0.29) is 17.9 Å². The molecule has 2 fully saturated rings. The fourth-order valence-electron chi connectivity index (χ4n) is 4.09. The minimum absolute atomic E-state index is 0.0577. The first-order valence-corrected chi connectivity index (χ1v) is 9.38. The number of imidazole rings is 1. The second kappa shape index (κ2) is 6.37. The van der Waals surface area contributed by atoms with E-state index < -0.39 is 6.04 Å². The molecule has 4 heterocycles. The maximum atomic E-state index is 13.1. The highest BCUT2D eigenvalue weighted by molar-refractivity contribution is 5.99. The lowest BCUT2D eigenvalue weighted by molar-refractivity contribution is -0.141. The zero-order chi connectivity index (χ0) is 18.4. The fourth-order valence-corrected chi connectivity index (χ4v) is 4.09. The van der Waals surface area contributed by atoms with Gasteiger partial charge in [-0.3, -0.25) is 9.59 Å². The standard InChI is InChI=1S/C19H25N5O2/c1-12(2)9-22-11-21-16-7-14(8-20-17(16)22)19(26)24-10-15-5-4-6-23(15)18(25)13(24)3/h7-8,11-13,15H,4-6,9-10H2,1-3H3/t13-,15-/m0/s1. The lowest BCUT2D eigenvalue weighted by atomic mass is 10.1. The smallest absolute Gasteiger partial charge is 0.256 e. The third kappa shape index (κ3) is 2.75. The Morgan fingerprint density at radius 1 is 1.35 bits per heavy atom. The van der Waals surface area contributed by atoms with Crippen LogP contribution in [0.4, 0.5) is 0 Å². The number of piperazine rings is 1. The van der Waals surface area contributed by atoms with E-state index in [1.54, 1.807) is 23.5 Å². The molecule has 0 N–H and O–H groups in total. The minimum atomic E-state index is -0.425. The van der Waals surface area contributed by atoms with Crippen LogP contribution in [0.15, 0.2) is 18.6 Å². The van der Waals surface area contributed by atoms with Gasteiger partial charge in [0.2, 0.25) is 5.91 Å². The summed E-state index contributed by atoms with van der Waals surface area (Å²) >= 11 is 0. The molecule has 2 aliphatic heterocycles. The van der Waals surface area contributed by atoms with Crippen molar-refractivity contribution >= 4 is 23.0 Å². The van der Waals surface area contributed by atoms with E-state index in [0.717, 1.165) is 37.1 Å². The second-order valence-electron chi connectivity index (χ2n) is 7.82. The third-order valence-corrected chi connectivity index (χ3v) is 5.42. The predicted molar refractivity (Wildman–Crippen MR) is 97.6 cm³/mol. The lowest BCUT2D eigenvalue weighted by Gasteiger charge is -2.41. The van der Waals surface area contributed by atoms with Gasteiger partial charge >= 0.3 is 0 Å². The Morgan fingerprint density at radius 2 is 2.15 bits per heavy atom. The first-order valence-electron chi connectivity index (χ1n) is 9.38. The molecule has 7 nitrogen and oxygen atoms in total. The number of hydrogen-bond donors (Lipinski definition) is 0. The van der Waals surface area contributed by atoms with Crippen LogP contribution >= 0.6 is 0 Å². The molecule has 2 amide bonds. The van der Waals surface area contributed by atoms with Crippen LogP contribution < -0.4 is 0 Å². The second-order valence-corrected chi connectivity index (χ2v) is 7.82. The van der Waals surface area contributed by atoms with Gasteiger partial charge in [-0.05, 0) is 31.7 Å². The van der Waals surface area contributed by atoms with Gasteiger partial charge in [0.15, 0.2) is 5.65 Å². The molecule has 2 aromatic rings. The number of carbonyl (C=O) groups excluding carboxylic acids is 2. The fraction of sp³-hybridized carbons (Fsp3) is 0.579. The number of amides is 2. The van der Waals surface area contributed by atoms with Gasteiger partial charge in [-0.15, -0.1) is 0 Å². The van der Waals surface area contributed by atoms with Crippen LogP contribution in [0.2, 0.25) is 0 Å². The summed E-state index contributed by atoms with van der Waals surface area (Å²) < 4.78 is 2.01. The van der Waals surface area contributed by atoms with E-state index >= 15 is 0 Å². The van der Waals surface area contributed by atoms with Crippen LogP contribution in [0, 0.1) is 5.92 Å². The lowest BCUT2D eigenvalue weighted by Crippen LogP contribution is -2.60. The Kier molecular flexibility index (Phi) is 4.17. The van der Waals surface area contributed by atoms with Crippen LogP contribution in [0.25, 0.3) is 11.2 Å².